The van der Waals surface area contributed by atoms with Gasteiger partial charge in [0.05, 0.1) is 31.5 Å². The molecule has 2 aromatic rings. The Bertz CT molecular complexity index is 1030. The minimum absolute atomic E-state index is 0.0309. The summed E-state index contributed by atoms with van der Waals surface area (Å²) >= 11 is 0. The summed E-state index contributed by atoms with van der Waals surface area (Å²) in [6, 6.07) is 11.9. The lowest BCUT2D eigenvalue weighted by Crippen LogP contribution is -2.30. The van der Waals surface area contributed by atoms with Crippen molar-refractivity contribution < 1.29 is 29.6 Å². The number of nitrogens with zero attached hydrogens (tertiary/aromatic N) is 2. The molecule has 0 radical (unpaired) electrons. The maximum Gasteiger partial charge on any atom is 0.329 e. The van der Waals surface area contributed by atoms with E-state index in [2.05, 4.69) is 15.5 Å². The Morgan fingerprint density at radius 3 is 2.68 bits per heavy atom. The van der Waals surface area contributed by atoms with E-state index < -0.39 is 6.10 Å². The number of unbranched alkanes of at least 4 members (excludes halogenated alkanes) is 3. The molecule has 0 aromatic heterocycles. The molecule has 3 rings (SSSR count). The molecule has 2 aromatic carbocycles. The van der Waals surface area contributed by atoms with Gasteiger partial charge < -0.3 is 30.7 Å². The number of benzene rings is 2. The van der Waals surface area contributed by atoms with Gasteiger partial charge in [-0.2, -0.15) is 0 Å². The summed E-state index contributed by atoms with van der Waals surface area (Å²) < 4.78 is 5.78. The molecular formula is C28H40N4O6. The first-order valence-corrected chi connectivity index (χ1v) is 13.2. The third-order valence-electron chi connectivity index (χ3n) is 6.47. The predicted molar refractivity (Wildman–Crippen MR) is 145 cm³/mol. The number of aliphatic hydroxyl groups excluding tert-OH is 2. The van der Waals surface area contributed by atoms with Crippen molar-refractivity contribution in [2.45, 2.75) is 44.9 Å². The second-order valence-electron chi connectivity index (χ2n) is 9.59. The maximum atomic E-state index is 11.9. The van der Waals surface area contributed by atoms with Crippen molar-refractivity contribution in [2.75, 3.05) is 51.3 Å². The number of aromatic hydroxyl groups is 1. The lowest BCUT2D eigenvalue weighted by atomic mass is 10.1. The second-order valence-corrected chi connectivity index (χ2v) is 9.59. The summed E-state index contributed by atoms with van der Waals surface area (Å²) in [5, 5.41) is 34.9. The van der Waals surface area contributed by atoms with E-state index in [1.807, 2.05) is 25.2 Å². The van der Waals surface area contributed by atoms with Crippen LogP contribution in [-0.2, 0) is 22.7 Å². The summed E-state index contributed by atoms with van der Waals surface area (Å²) in [6.45, 7) is 3.83. The SMILES string of the molecule is CN(CCOCCCCCCNC[C@H](O)c1ccc(O)c(CO)c1)Cc1cccc(N2C(=O)CNC2=O)c1. The van der Waals surface area contributed by atoms with Crippen LogP contribution in [0.2, 0.25) is 0 Å². The number of ether oxygens (including phenoxy) is 1. The van der Waals surface area contributed by atoms with Crippen molar-refractivity contribution in [1.29, 1.82) is 0 Å². The quantitative estimate of drug-likeness (QED) is 0.156. The average molecular weight is 529 g/mol. The molecule has 5 N–H and O–H groups in total. The lowest BCUT2D eigenvalue weighted by molar-refractivity contribution is -0.115. The van der Waals surface area contributed by atoms with Crippen molar-refractivity contribution in [3.63, 3.8) is 0 Å². The fraction of sp³-hybridized carbons (Fsp3) is 0.500. The number of amides is 3. The molecule has 1 fully saturated rings. The highest BCUT2D eigenvalue weighted by molar-refractivity contribution is 6.19. The smallest absolute Gasteiger partial charge is 0.329 e. The molecule has 10 nitrogen and oxygen atoms in total. The van der Waals surface area contributed by atoms with Gasteiger partial charge in [0, 0.05) is 31.8 Å². The number of carbonyl (C=O) groups excluding carboxylic acids is 2. The van der Waals surface area contributed by atoms with E-state index in [4.69, 9.17) is 4.74 Å². The van der Waals surface area contributed by atoms with Crippen LogP contribution in [0.25, 0.3) is 0 Å². The Morgan fingerprint density at radius 1 is 1.11 bits per heavy atom. The highest BCUT2D eigenvalue weighted by Gasteiger charge is 2.29. The standard InChI is InChI=1S/C28H40N4O6/c1-31(19-21-7-6-8-24(15-21)32-27(36)18-30-28(32)37)12-14-38-13-5-3-2-4-11-29-17-26(35)22-9-10-25(34)23(16-22)20-33/h6-10,15-16,26,29,33-35H,2-5,11-14,17-20H2,1H3,(H,30,37)/t26-/m0/s1. The number of likely N-dealkylation sites (N-methyl/N-ethyl adjacent to an activating group) is 1. The number of carbonyl (C=O) groups is 2. The highest BCUT2D eigenvalue weighted by atomic mass is 16.5. The van der Waals surface area contributed by atoms with Crippen LogP contribution in [0, 0.1) is 0 Å². The molecule has 0 unspecified atom stereocenters. The number of urea groups is 1. The van der Waals surface area contributed by atoms with Crippen LogP contribution in [0.4, 0.5) is 10.5 Å². The largest absolute Gasteiger partial charge is 0.508 e. The van der Waals surface area contributed by atoms with Crippen molar-refractivity contribution >= 4 is 17.6 Å². The first-order valence-electron chi connectivity index (χ1n) is 13.2. The Kier molecular flexibility index (Phi) is 12.0. The number of hydrogen-bond donors (Lipinski definition) is 5. The Morgan fingerprint density at radius 2 is 1.92 bits per heavy atom. The normalized spacial score (nSPS) is 14.4. The highest BCUT2D eigenvalue weighted by Crippen LogP contribution is 2.22. The fourth-order valence-corrected chi connectivity index (χ4v) is 4.29. The van der Waals surface area contributed by atoms with Crippen LogP contribution in [-0.4, -0.2) is 78.6 Å². The summed E-state index contributed by atoms with van der Waals surface area (Å²) in [5.41, 5.74) is 2.70. The molecule has 1 aliphatic rings. The molecule has 1 atom stereocenters. The van der Waals surface area contributed by atoms with Gasteiger partial charge in [0.1, 0.15) is 5.75 Å². The molecule has 0 aliphatic carbocycles. The van der Waals surface area contributed by atoms with Gasteiger partial charge >= 0.3 is 6.03 Å². The topological polar surface area (TPSA) is 135 Å². The third kappa shape index (κ3) is 9.07. The number of imide groups is 1. The summed E-state index contributed by atoms with van der Waals surface area (Å²) in [6.07, 6.45) is 3.47. The van der Waals surface area contributed by atoms with E-state index >= 15 is 0 Å². The molecule has 208 valence electrons. The van der Waals surface area contributed by atoms with Crippen LogP contribution >= 0.6 is 0 Å². The summed E-state index contributed by atoms with van der Waals surface area (Å²) in [7, 11) is 2.01. The monoisotopic (exact) mass is 528 g/mol. The molecule has 1 heterocycles. The molecule has 10 heteroatoms. The van der Waals surface area contributed by atoms with Gasteiger partial charge in [-0.25, -0.2) is 9.69 Å². The number of aliphatic hydroxyl groups is 2. The van der Waals surface area contributed by atoms with E-state index in [1.165, 1.54) is 11.0 Å². The van der Waals surface area contributed by atoms with Crippen LogP contribution in [0.3, 0.4) is 0 Å². The fourth-order valence-electron chi connectivity index (χ4n) is 4.29. The van der Waals surface area contributed by atoms with E-state index in [0.29, 0.717) is 36.5 Å². The maximum absolute atomic E-state index is 11.9. The van der Waals surface area contributed by atoms with Gasteiger partial charge in [-0.15, -0.1) is 0 Å². The van der Waals surface area contributed by atoms with Gasteiger partial charge in [0.2, 0.25) is 0 Å². The minimum Gasteiger partial charge on any atom is -0.508 e. The third-order valence-corrected chi connectivity index (χ3v) is 6.47. The Labute approximate surface area is 224 Å². The molecule has 0 bridgehead atoms. The molecule has 1 aliphatic heterocycles. The number of phenols is 1. The van der Waals surface area contributed by atoms with Crippen LogP contribution < -0.4 is 15.5 Å². The zero-order valence-electron chi connectivity index (χ0n) is 22.1. The number of nitrogens with one attached hydrogen (secondary N) is 2. The van der Waals surface area contributed by atoms with Crippen molar-refractivity contribution in [3.05, 3.63) is 59.2 Å². The van der Waals surface area contributed by atoms with Gasteiger partial charge in [0.15, 0.2) is 0 Å². The van der Waals surface area contributed by atoms with Gasteiger partial charge in [-0.3, -0.25) is 9.69 Å². The molecule has 0 saturated carbocycles. The molecule has 1 saturated heterocycles. The predicted octanol–water partition coefficient (Wildman–Crippen LogP) is 2.27. The van der Waals surface area contributed by atoms with E-state index in [0.717, 1.165) is 50.9 Å². The van der Waals surface area contributed by atoms with Crippen molar-refractivity contribution in [1.82, 2.24) is 15.5 Å². The Hall–Kier alpha value is -3.02. The summed E-state index contributed by atoms with van der Waals surface area (Å²) in [5.74, 6) is -0.212. The van der Waals surface area contributed by atoms with E-state index in [9.17, 15) is 24.9 Å². The van der Waals surface area contributed by atoms with Crippen molar-refractivity contribution in [3.8, 4) is 5.75 Å². The Balaban J connectivity index is 1.19. The number of rotatable bonds is 17. The van der Waals surface area contributed by atoms with Crippen LogP contribution in [0.1, 0.15) is 48.5 Å². The summed E-state index contributed by atoms with van der Waals surface area (Å²) in [4.78, 5) is 27.1. The lowest BCUT2D eigenvalue weighted by Gasteiger charge is -2.18. The average Bonchev–Trinajstić information content (AvgIpc) is 3.25. The first-order chi connectivity index (χ1) is 18.4. The first kappa shape index (κ1) is 29.5. The molecule has 38 heavy (non-hydrogen) atoms. The zero-order valence-corrected chi connectivity index (χ0v) is 22.1. The van der Waals surface area contributed by atoms with E-state index in [-0.39, 0.29) is 30.8 Å². The zero-order chi connectivity index (χ0) is 27.3. The number of anilines is 1. The van der Waals surface area contributed by atoms with Gasteiger partial charge in [-0.1, -0.05) is 31.0 Å². The van der Waals surface area contributed by atoms with Crippen molar-refractivity contribution in [2.24, 2.45) is 0 Å². The van der Waals surface area contributed by atoms with Crippen LogP contribution in [0.15, 0.2) is 42.5 Å². The molecule has 3 amide bonds. The van der Waals surface area contributed by atoms with Gasteiger partial charge in [-0.05, 0) is 61.8 Å². The van der Waals surface area contributed by atoms with E-state index in [1.54, 1.807) is 18.2 Å². The second kappa shape index (κ2) is 15.4. The number of hydrogen-bond acceptors (Lipinski definition) is 8. The van der Waals surface area contributed by atoms with Gasteiger partial charge in [0.25, 0.3) is 5.91 Å². The molecule has 0 spiro atoms. The minimum atomic E-state index is -0.688. The van der Waals surface area contributed by atoms with Crippen LogP contribution in [0.5, 0.6) is 5.75 Å². The molecular weight excluding hydrogens is 488 g/mol.